The second-order valence-corrected chi connectivity index (χ2v) is 11.8. The Kier molecular flexibility index (Phi) is 7.10. The average molecular weight is 512 g/mol. The predicted octanol–water partition coefficient (Wildman–Crippen LogP) is 3.43. The van der Waals surface area contributed by atoms with Crippen molar-refractivity contribution >= 4 is 11.9 Å². The summed E-state index contributed by atoms with van der Waals surface area (Å²) >= 11 is 0. The highest BCUT2D eigenvalue weighted by atomic mass is 16.4. The quantitative estimate of drug-likeness (QED) is 0.545. The molecule has 0 radical (unpaired) electrons. The largest absolute Gasteiger partial charge is 0.494 e. The molecule has 0 aliphatic heterocycles. The minimum atomic E-state index is -1.28. The number of rotatable bonds is 6. The van der Waals surface area contributed by atoms with E-state index in [1.165, 1.54) is 11.1 Å². The van der Waals surface area contributed by atoms with Crippen LogP contribution in [0.2, 0.25) is 0 Å². The molecule has 2 aliphatic carbocycles. The molecule has 200 valence electrons. The maximum Gasteiger partial charge on any atom is 0.334 e. The van der Waals surface area contributed by atoms with Gasteiger partial charge in [-0.25, -0.2) is 4.79 Å². The summed E-state index contributed by atoms with van der Waals surface area (Å²) in [4.78, 5) is 50.8. The van der Waals surface area contributed by atoms with Crippen LogP contribution < -0.4 is 16.6 Å². The first kappa shape index (κ1) is 26.7. The zero-order valence-corrected chi connectivity index (χ0v) is 22.1. The normalized spacial score (nSPS) is 18.7. The zero-order valence-electron chi connectivity index (χ0n) is 22.1. The number of hydrogen-bond donors (Lipinski definition) is 3. The molecular formula is C28H37N3O6. The molecule has 4 rings (SSSR count). The fraction of sp³-hybridized carbons (Fsp3) is 0.571. The van der Waals surface area contributed by atoms with Gasteiger partial charge in [-0.2, -0.15) is 0 Å². The van der Waals surface area contributed by atoms with Crippen LogP contribution in [0.1, 0.15) is 106 Å². The minimum Gasteiger partial charge on any atom is -0.494 e. The summed E-state index contributed by atoms with van der Waals surface area (Å²) in [7, 11) is 0. The van der Waals surface area contributed by atoms with Crippen LogP contribution in [0.4, 0.5) is 0 Å². The van der Waals surface area contributed by atoms with Crippen molar-refractivity contribution in [2.45, 2.75) is 96.1 Å². The second kappa shape index (κ2) is 9.84. The molecule has 9 heteroatoms. The van der Waals surface area contributed by atoms with Gasteiger partial charge in [-0.15, -0.1) is 0 Å². The van der Waals surface area contributed by atoms with E-state index in [-0.39, 0.29) is 23.4 Å². The first-order valence-electron chi connectivity index (χ1n) is 13.1. The number of hydrogen-bond acceptors (Lipinski definition) is 5. The SMILES string of the molecule is CC1(C)CCC(C)(C)c2cc(Cn3c(O)c(C(=O)NCC(=O)O)c(=O)n(C4CCCCC4)c3=O)ccc21. The van der Waals surface area contributed by atoms with Crippen LogP contribution in [0.15, 0.2) is 27.8 Å². The number of aromatic hydroxyl groups is 1. The lowest BCUT2D eigenvalue weighted by Gasteiger charge is -2.42. The Morgan fingerprint density at radius 3 is 2.24 bits per heavy atom. The van der Waals surface area contributed by atoms with E-state index in [2.05, 4.69) is 45.1 Å². The monoisotopic (exact) mass is 511 g/mol. The summed E-state index contributed by atoms with van der Waals surface area (Å²) < 4.78 is 2.15. The number of carboxylic acid groups (broad SMARTS) is 1. The number of carboxylic acids is 1. The van der Waals surface area contributed by atoms with Crippen LogP contribution >= 0.6 is 0 Å². The third-order valence-corrected chi connectivity index (χ3v) is 8.17. The molecule has 2 aromatic rings. The smallest absolute Gasteiger partial charge is 0.334 e. The molecule has 37 heavy (non-hydrogen) atoms. The van der Waals surface area contributed by atoms with Crippen LogP contribution in [0.25, 0.3) is 0 Å². The van der Waals surface area contributed by atoms with Crippen molar-refractivity contribution < 1.29 is 19.8 Å². The van der Waals surface area contributed by atoms with Gasteiger partial charge in [0.2, 0.25) is 5.88 Å². The lowest BCUT2D eigenvalue weighted by molar-refractivity contribution is -0.135. The highest BCUT2D eigenvalue weighted by molar-refractivity contribution is 5.97. The molecule has 2 aliphatic rings. The van der Waals surface area contributed by atoms with Gasteiger partial charge in [0.25, 0.3) is 11.5 Å². The van der Waals surface area contributed by atoms with Crippen molar-refractivity contribution in [2.75, 3.05) is 6.54 Å². The number of aliphatic carboxylic acids is 1. The van der Waals surface area contributed by atoms with Gasteiger partial charge in [-0.05, 0) is 53.2 Å². The minimum absolute atomic E-state index is 0.0198. The van der Waals surface area contributed by atoms with Gasteiger partial charge in [0.05, 0.1) is 6.54 Å². The number of amides is 1. The number of aromatic nitrogens is 2. The lowest BCUT2D eigenvalue weighted by Crippen LogP contribution is -2.47. The number of nitrogens with one attached hydrogen (secondary N) is 1. The van der Waals surface area contributed by atoms with Gasteiger partial charge < -0.3 is 15.5 Å². The van der Waals surface area contributed by atoms with E-state index >= 15 is 0 Å². The van der Waals surface area contributed by atoms with Crippen LogP contribution in [-0.2, 0) is 22.2 Å². The summed E-state index contributed by atoms with van der Waals surface area (Å²) in [5.41, 5.74) is 1.02. The Balaban J connectivity index is 1.84. The summed E-state index contributed by atoms with van der Waals surface area (Å²) in [6.07, 6.45) is 6.04. The van der Waals surface area contributed by atoms with E-state index in [1.807, 2.05) is 6.07 Å². The Hall–Kier alpha value is -3.36. The first-order chi connectivity index (χ1) is 17.3. The summed E-state index contributed by atoms with van der Waals surface area (Å²) in [5.74, 6) is -3.05. The predicted molar refractivity (Wildman–Crippen MR) is 140 cm³/mol. The highest BCUT2D eigenvalue weighted by Gasteiger charge is 2.37. The van der Waals surface area contributed by atoms with Crippen molar-refractivity contribution in [3.8, 4) is 5.88 Å². The molecule has 0 atom stereocenters. The van der Waals surface area contributed by atoms with E-state index in [4.69, 9.17) is 5.11 Å². The molecule has 0 unspecified atom stereocenters. The molecule has 1 amide bonds. The van der Waals surface area contributed by atoms with Crippen molar-refractivity contribution in [3.05, 3.63) is 61.3 Å². The third kappa shape index (κ3) is 5.08. The first-order valence-corrected chi connectivity index (χ1v) is 13.1. The van der Waals surface area contributed by atoms with E-state index in [1.54, 1.807) is 0 Å². The fourth-order valence-electron chi connectivity index (χ4n) is 5.82. The van der Waals surface area contributed by atoms with Gasteiger partial charge >= 0.3 is 11.7 Å². The molecule has 3 N–H and O–H groups in total. The Morgan fingerprint density at radius 2 is 1.62 bits per heavy atom. The summed E-state index contributed by atoms with van der Waals surface area (Å²) in [6, 6.07) is 5.68. The Labute approximate surface area is 216 Å². The Bertz CT molecular complexity index is 1340. The van der Waals surface area contributed by atoms with E-state index in [9.17, 15) is 24.3 Å². The third-order valence-electron chi connectivity index (χ3n) is 8.17. The molecule has 0 spiro atoms. The van der Waals surface area contributed by atoms with Gasteiger partial charge in [-0.1, -0.05) is 65.2 Å². The van der Waals surface area contributed by atoms with Crippen LogP contribution in [0.3, 0.4) is 0 Å². The average Bonchev–Trinajstić information content (AvgIpc) is 2.84. The number of benzene rings is 1. The number of nitrogens with zero attached hydrogens (tertiary/aromatic N) is 2. The number of fused-ring (bicyclic) bond motifs is 1. The van der Waals surface area contributed by atoms with E-state index in [0.717, 1.165) is 46.8 Å². The zero-order chi connectivity index (χ0) is 27.1. The summed E-state index contributed by atoms with van der Waals surface area (Å²) in [6.45, 7) is 8.10. The second-order valence-electron chi connectivity index (χ2n) is 11.8. The maximum absolute atomic E-state index is 13.6. The maximum atomic E-state index is 13.6. The molecule has 0 saturated heterocycles. The van der Waals surface area contributed by atoms with Crippen molar-refractivity contribution in [1.82, 2.24) is 14.5 Å². The molecule has 1 aromatic heterocycles. The Morgan fingerprint density at radius 1 is 1.00 bits per heavy atom. The molecular weight excluding hydrogens is 474 g/mol. The molecule has 1 fully saturated rings. The van der Waals surface area contributed by atoms with Gasteiger partial charge in [0.1, 0.15) is 6.54 Å². The number of carbonyl (C=O) groups excluding carboxylic acids is 1. The fourth-order valence-corrected chi connectivity index (χ4v) is 5.82. The molecule has 1 aromatic carbocycles. The number of carbonyl (C=O) groups is 2. The van der Waals surface area contributed by atoms with Crippen molar-refractivity contribution in [1.29, 1.82) is 0 Å². The van der Waals surface area contributed by atoms with Crippen LogP contribution in [-0.4, -0.2) is 37.8 Å². The van der Waals surface area contributed by atoms with Crippen molar-refractivity contribution in [2.24, 2.45) is 0 Å². The molecule has 9 nitrogen and oxygen atoms in total. The molecule has 1 saturated carbocycles. The molecule has 0 bridgehead atoms. The van der Waals surface area contributed by atoms with E-state index in [0.29, 0.717) is 12.8 Å². The van der Waals surface area contributed by atoms with Crippen molar-refractivity contribution in [3.63, 3.8) is 0 Å². The van der Waals surface area contributed by atoms with Gasteiger partial charge in [0.15, 0.2) is 5.56 Å². The lowest BCUT2D eigenvalue weighted by atomic mass is 9.63. The highest BCUT2D eigenvalue weighted by Crippen LogP contribution is 2.46. The van der Waals surface area contributed by atoms with E-state index < -0.39 is 41.1 Å². The standard InChI is InChI=1S/C28H37N3O6/c1-27(2)12-13-28(3,4)20-14-17(10-11-19(20)27)16-30-24(35)22(23(34)29-15-21(32)33)25(36)31(26(30)37)18-8-6-5-7-9-18/h10-11,14,18,35H,5-9,12-13,15-16H2,1-4H3,(H,29,34)(H,32,33). The summed E-state index contributed by atoms with van der Waals surface area (Å²) in [5, 5.41) is 22.2. The van der Waals surface area contributed by atoms with Gasteiger partial charge in [0, 0.05) is 6.04 Å². The van der Waals surface area contributed by atoms with Gasteiger partial charge in [-0.3, -0.25) is 23.5 Å². The van der Waals surface area contributed by atoms with Crippen LogP contribution in [0, 0.1) is 0 Å². The van der Waals surface area contributed by atoms with Crippen LogP contribution in [0.5, 0.6) is 5.88 Å². The topological polar surface area (TPSA) is 131 Å². The molecule has 1 heterocycles.